The van der Waals surface area contributed by atoms with E-state index in [0.717, 1.165) is 23.7 Å². The van der Waals surface area contributed by atoms with E-state index < -0.39 is 0 Å². The molecular weight excluding hydrogens is 248 g/mol. The molecule has 18 heavy (non-hydrogen) atoms. The van der Waals surface area contributed by atoms with E-state index in [1.807, 2.05) is 45.0 Å². The number of rotatable bonds is 5. The third-order valence-electron chi connectivity index (χ3n) is 2.49. The van der Waals surface area contributed by atoms with Gasteiger partial charge >= 0.3 is 0 Å². The molecule has 1 aromatic rings. The van der Waals surface area contributed by atoms with Crippen LogP contribution in [0.15, 0.2) is 24.3 Å². The first-order valence-corrected chi connectivity index (χ1v) is 6.55. The van der Waals surface area contributed by atoms with Crippen molar-refractivity contribution in [3.63, 3.8) is 0 Å². The Bertz CT molecular complexity index is 382. The highest BCUT2D eigenvalue weighted by Crippen LogP contribution is 2.13. The second-order valence-corrected chi connectivity index (χ2v) is 5.73. The van der Waals surface area contributed by atoms with E-state index in [2.05, 4.69) is 10.6 Å². The van der Waals surface area contributed by atoms with E-state index in [1.54, 1.807) is 0 Å². The van der Waals surface area contributed by atoms with Gasteiger partial charge in [0.1, 0.15) is 0 Å². The molecule has 0 unspecified atom stereocenters. The van der Waals surface area contributed by atoms with Crippen molar-refractivity contribution in [2.24, 2.45) is 5.41 Å². The van der Waals surface area contributed by atoms with Gasteiger partial charge in [-0.1, -0.05) is 32.4 Å². The molecule has 0 fully saturated rings. The SMILES string of the molecule is CC(C)(C)C(=O)NCCCNc1ccc(Cl)cc1. The number of hydrogen-bond acceptors (Lipinski definition) is 2. The third-order valence-corrected chi connectivity index (χ3v) is 2.75. The Morgan fingerprint density at radius 1 is 1.17 bits per heavy atom. The minimum absolute atomic E-state index is 0.0917. The molecule has 1 rings (SSSR count). The molecule has 0 aliphatic rings. The summed E-state index contributed by atoms with van der Waals surface area (Å²) in [4.78, 5) is 11.6. The summed E-state index contributed by atoms with van der Waals surface area (Å²) in [6, 6.07) is 7.59. The highest BCUT2D eigenvalue weighted by Gasteiger charge is 2.19. The number of carbonyl (C=O) groups is 1. The van der Waals surface area contributed by atoms with Crippen LogP contribution < -0.4 is 10.6 Å². The van der Waals surface area contributed by atoms with E-state index >= 15 is 0 Å². The van der Waals surface area contributed by atoms with E-state index in [-0.39, 0.29) is 11.3 Å². The maximum Gasteiger partial charge on any atom is 0.225 e. The fourth-order valence-corrected chi connectivity index (χ4v) is 1.48. The first-order valence-electron chi connectivity index (χ1n) is 6.17. The van der Waals surface area contributed by atoms with E-state index in [4.69, 9.17) is 11.6 Å². The van der Waals surface area contributed by atoms with Gasteiger partial charge in [-0.25, -0.2) is 0 Å². The molecule has 4 heteroatoms. The maximum absolute atomic E-state index is 11.6. The largest absolute Gasteiger partial charge is 0.385 e. The second-order valence-electron chi connectivity index (χ2n) is 5.29. The highest BCUT2D eigenvalue weighted by molar-refractivity contribution is 6.30. The van der Waals surface area contributed by atoms with Gasteiger partial charge in [0.25, 0.3) is 0 Å². The molecule has 2 N–H and O–H groups in total. The molecule has 0 saturated heterocycles. The quantitative estimate of drug-likeness (QED) is 0.805. The lowest BCUT2D eigenvalue weighted by molar-refractivity contribution is -0.128. The van der Waals surface area contributed by atoms with Crippen molar-refractivity contribution in [1.82, 2.24) is 5.32 Å². The van der Waals surface area contributed by atoms with Crippen LogP contribution >= 0.6 is 11.6 Å². The Hall–Kier alpha value is -1.22. The van der Waals surface area contributed by atoms with Crippen LogP contribution in [0.2, 0.25) is 5.02 Å². The minimum atomic E-state index is -0.316. The second kappa shape index (κ2) is 6.64. The number of carbonyl (C=O) groups excluding carboxylic acids is 1. The number of hydrogen-bond donors (Lipinski definition) is 2. The Kier molecular flexibility index (Phi) is 5.48. The lowest BCUT2D eigenvalue weighted by atomic mass is 9.96. The summed E-state index contributed by atoms with van der Waals surface area (Å²) in [5.41, 5.74) is 0.727. The molecule has 0 bridgehead atoms. The van der Waals surface area contributed by atoms with Gasteiger partial charge in [0, 0.05) is 29.2 Å². The van der Waals surface area contributed by atoms with Crippen LogP contribution in [0.3, 0.4) is 0 Å². The van der Waals surface area contributed by atoms with Crippen molar-refractivity contribution in [2.45, 2.75) is 27.2 Å². The van der Waals surface area contributed by atoms with Crippen LogP contribution in [0.4, 0.5) is 5.69 Å². The van der Waals surface area contributed by atoms with Crippen molar-refractivity contribution in [2.75, 3.05) is 18.4 Å². The van der Waals surface area contributed by atoms with Gasteiger partial charge in [-0.3, -0.25) is 4.79 Å². The standard InChI is InChI=1S/C14H21ClN2O/c1-14(2,3)13(18)17-10-4-9-16-12-7-5-11(15)6-8-12/h5-8,16H,4,9-10H2,1-3H3,(H,17,18). The molecule has 0 radical (unpaired) electrons. The average Bonchev–Trinajstić information content (AvgIpc) is 2.29. The van der Waals surface area contributed by atoms with Gasteiger partial charge in [0.05, 0.1) is 0 Å². The summed E-state index contributed by atoms with van der Waals surface area (Å²) in [6.07, 6.45) is 0.893. The molecule has 0 aliphatic carbocycles. The summed E-state index contributed by atoms with van der Waals surface area (Å²) in [5, 5.41) is 6.93. The van der Waals surface area contributed by atoms with Crippen LogP contribution in [0.5, 0.6) is 0 Å². The summed E-state index contributed by atoms with van der Waals surface area (Å²) in [5.74, 6) is 0.0917. The normalized spacial score (nSPS) is 11.1. The zero-order valence-electron chi connectivity index (χ0n) is 11.2. The molecule has 0 heterocycles. The van der Waals surface area contributed by atoms with Gasteiger partial charge in [-0.2, -0.15) is 0 Å². The average molecular weight is 269 g/mol. The zero-order valence-corrected chi connectivity index (χ0v) is 12.0. The van der Waals surface area contributed by atoms with Crippen molar-refractivity contribution >= 4 is 23.2 Å². The summed E-state index contributed by atoms with van der Waals surface area (Å²) in [7, 11) is 0. The van der Waals surface area contributed by atoms with E-state index in [0.29, 0.717) is 6.54 Å². The number of nitrogens with one attached hydrogen (secondary N) is 2. The lowest BCUT2D eigenvalue weighted by Gasteiger charge is -2.17. The fourth-order valence-electron chi connectivity index (χ4n) is 1.36. The molecule has 0 aliphatic heterocycles. The van der Waals surface area contributed by atoms with Crippen LogP contribution in [0.25, 0.3) is 0 Å². The predicted octanol–water partition coefficient (Wildman–Crippen LogP) is 3.30. The van der Waals surface area contributed by atoms with Crippen molar-refractivity contribution in [3.8, 4) is 0 Å². The molecule has 0 atom stereocenters. The third kappa shape index (κ3) is 5.41. The molecule has 0 saturated carbocycles. The number of halogens is 1. The highest BCUT2D eigenvalue weighted by atomic mass is 35.5. The van der Waals surface area contributed by atoms with Crippen molar-refractivity contribution in [3.05, 3.63) is 29.3 Å². The van der Waals surface area contributed by atoms with Crippen LogP contribution in [-0.4, -0.2) is 19.0 Å². The Morgan fingerprint density at radius 2 is 1.78 bits per heavy atom. The van der Waals surface area contributed by atoms with Crippen molar-refractivity contribution in [1.29, 1.82) is 0 Å². The van der Waals surface area contributed by atoms with Gasteiger partial charge in [-0.05, 0) is 30.7 Å². The molecular formula is C14H21ClN2O. The Morgan fingerprint density at radius 3 is 2.33 bits per heavy atom. The fraction of sp³-hybridized carbons (Fsp3) is 0.500. The molecule has 0 spiro atoms. The van der Waals surface area contributed by atoms with Crippen LogP contribution in [0.1, 0.15) is 27.2 Å². The predicted molar refractivity (Wildman–Crippen MR) is 77.0 cm³/mol. The minimum Gasteiger partial charge on any atom is -0.385 e. The number of amides is 1. The first kappa shape index (κ1) is 14.8. The smallest absolute Gasteiger partial charge is 0.225 e. The van der Waals surface area contributed by atoms with Crippen LogP contribution in [0, 0.1) is 5.41 Å². The molecule has 3 nitrogen and oxygen atoms in total. The van der Waals surface area contributed by atoms with Gasteiger partial charge < -0.3 is 10.6 Å². The van der Waals surface area contributed by atoms with Crippen LogP contribution in [-0.2, 0) is 4.79 Å². The maximum atomic E-state index is 11.6. The lowest BCUT2D eigenvalue weighted by Crippen LogP contribution is -2.35. The van der Waals surface area contributed by atoms with Gasteiger partial charge in [0.2, 0.25) is 5.91 Å². The summed E-state index contributed by atoms with van der Waals surface area (Å²) in [6.45, 7) is 7.25. The molecule has 1 aromatic carbocycles. The van der Waals surface area contributed by atoms with E-state index in [9.17, 15) is 4.79 Å². The number of anilines is 1. The summed E-state index contributed by atoms with van der Waals surface area (Å²) >= 11 is 5.80. The molecule has 100 valence electrons. The first-order chi connectivity index (χ1) is 8.39. The molecule has 1 amide bonds. The van der Waals surface area contributed by atoms with Gasteiger partial charge in [-0.15, -0.1) is 0 Å². The molecule has 0 aromatic heterocycles. The Balaban J connectivity index is 2.16. The van der Waals surface area contributed by atoms with Gasteiger partial charge in [0.15, 0.2) is 0 Å². The zero-order chi connectivity index (χ0) is 13.6. The monoisotopic (exact) mass is 268 g/mol. The summed E-state index contributed by atoms with van der Waals surface area (Å²) < 4.78 is 0. The topological polar surface area (TPSA) is 41.1 Å². The Labute approximate surface area is 114 Å². The number of benzene rings is 1. The van der Waals surface area contributed by atoms with E-state index in [1.165, 1.54) is 0 Å². The van der Waals surface area contributed by atoms with Crippen molar-refractivity contribution < 1.29 is 4.79 Å².